The van der Waals surface area contributed by atoms with Crippen molar-refractivity contribution in [3.05, 3.63) is 53.2 Å². The number of nitrogens with zero attached hydrogens (tertiary/aromatic N) is 1. The van der Waals surface area contributed by atoms with Crippen LogP contribution in [-0.4, -0.2) is 28.6 Å². The summed E-state index contributed by atoms with van der Waals surface area (Å²) in [5, 5.41) is 13.4. The fourth-order valence-electron chi connectivity index (χ4n) is 2.51. The lowest BCUT2D eigenvalue weighted by Gasteiger charge is -2.12. The van der Waals surface area contributed by atoms with Gasteiger partial charge in [0.1, 0.15) is 11.4 Å². The van der Waals surface area contributed by atoms with E-state index in [1.807, 2.05) is 5.32 Å². The Morgan fingerprint density at radius 2 is 1.94 bits per heavy atom. The number of alkyl halides is 3. The number of amides is 2. The van der Waals surface area contributed by atoms with E-state index < -0.39 is 18.0 Å². The summed E-state index contributed by atoms with van der Waals surface area (Å²) < 4.78 is 44.8. The van der Waals surface area contributed by atoms with Gasteiger partial charge in [0.15, 0.2) is 0 Å². The molecule has 3 N–H and O–H groups in total. The third-order valence-corrected chi connectivity index (χ3v) is 3.95. The molecule has 1 heterocycles. The maximum absolute atomic E-state index is 13.1. The molecule has 0 fully saturated rings. The number of rotatable bonds is 9. The van der Waals surface area contributed by atoms with Crippen LogP contribution in [0.5, 0.6) is 11.6 Å². The van der Waals surface area contributed by atoms with E-state index in [0.717, 1.165) is 12.5 Å². The van der Waals surface area contributed by atoms with Gasteiger partial charge in [-0.2, -0.15) is 13.2 Å². The van der Waals surface area contributed by atoms with Gasteiger partial charge in [-0.3, -0.25) is 4.79 Å². The normalized spacial score (nSPS) is 10.8. The van der Waals surface area contributed by atoms with Gasteiger partial charge in [-0.05, 0) is 42.7 Å². The highest BCUT2D eigenvalue weighted by molar-refractivity contribution is 5.94. The maximum atomic E-state index is 13.1. The minimum Gasteiger partial charge on any atom is -0.465 e. The average molecular weight is 435 g/mol. The van der Waals surface area contributed by atoms with E-state index >= 15 is 0 Å². The second-order valence-corrected chi connectivity index (χ2v) is 6.40. The number of terminal acetylenes is 1. The summed E-state index contributed by atoms with van der Waals surface area (Å²) in [6.45, 7) is 0.0696. The second kappa shape index (κ2) is 10.9. The highest BCUT2D eigenvalue weighted by atomic mass is 19.4. The third kappa shape index (κ3) is 7.89. The fourth-order valence-corrected chi connectivity index (χ4v) is 2.51. The zero-order chi connectivity index (χ0) is 22.9. The number of hydrogen-bond acceptors (Lipinski definition) is 4. The molecule has 0 unspecified atom stereocenters. The van der Waals surface area contributed by atoms with Crippen LogP contribution in [0, 0.1) is 12.3 Å². The predicted molar refractivity (Wildman–Crippen MR) is 106 cm³/mol. The minimum atomic E-state index is -4.75. The van der Waals surface area contributed by atoms with Crippen molar-refractivity contribution >= 4 is 12.0 Å². The van der Waals surface area contributed by atoms with Gasteiger partial charge in [-0.25, -0.2) is 9.78 Å². The Hall–Kier alpha value is -3.74. The van der Waals surface area contributed by atoms with Crippen molar-refractivity contribution in [2.24, 2.45) is 0 Å². The Balaban J connectivity index is 2.15. The number of unbranched alkanes of at least 4 members (excludes halogenated alkanes) is 2. The standard InChI is InChI=1S/C21H20F3N3O4/c1-2-3-4-5-9-25-19(28)15-7-6-8-16(12-15)31-18-11-14(13-26-20(29)30)10-17(27-18)21(22,23)24/h1,6-8,10-12,26H,3-5,9,13H2,(H,25,28)(H,29,30). The van der Waals surface area contributed by atoms with Crippen molar-refractivity contribution in [3.8, 4) is 24.0 Å². The first-order valence-corrected chi connectivity index (χ1v) is 9.23. The topological polar surface area (TPSA) is 101 Å². The summed E-state index contributed by atoms with van der Waals surface area (Å²) in [6.07, 6.45) is 1.14. The number of carbonyl (C=O) groups is 2. The molecule has 10 heteroatoms. The first kappa shape index (κ1) is 23.5. The molecule has 2 amide bonds. The molecule has 0 radical (unpaired) electrons. The Kier molecular flexibility index (Phi) is 8.25. The van der Waals surface area contributed by atoms with Crippen LogP contribution >= 0.6 is 0 Å². The van der Waals surface area contributed by atoms with Crippen molar-refractivity contribution in [3.63, 3.8) is 0 Å². The van der Waals surface area contributed by atoms with Gasteiger partial charge >= 0.3 is 12.3 Å². The molecule has 0 atom stereocenters. The largest absolute Gasteiger partial charge is 0.465 e. The van der Waals surface area contributed by atoms with Crippen molar-refractivity contribution in [2.75, 3.05) is 6.54 Å². The monoisotopic (exact) mass is 435 g/mol. The van der Waals surface area contributed by atoms with Crippen LogP contribution in [0.25, 0.3) is 0 Å². The zero-order valence-corrected chi connectivity index (χ0v) is 16.3. The lowest BCUT2D eigenvalue weighted by atomic mass is 10.2. The van der Waals surface area contributed by atoms with Crippen molar-refractivity contribution < 1.29 is 32.6 Å². The molecular formula is C21H20F3N3O4. The number of carboxylic acid groups (broad SMARTS) is 1. The number of benzene rings is 1. The SMILES string of the molecule is C#CCCCCNC(=O)c1cccc(Oc2cc(CNC(=O)O)cc(C(F)(F)F)n2)c1. The smallest absolute Gasteiger partial charge is 0.433 e. The van der Waals surface area contributed by atoms with E-state index in [2.05, 4.69) is 16.2 Å². The average Bonchev–Trinajstić information content (AvgIpc) is 2.71. The van der Waals surface area contributed by atoms with Crippen LogP contribution < -0.4 is 15.4 Å². The molecule has 2 rings (SSSR count). The van der Waals surface area contributed by atoms with E-state index in [1.165, 1.54) is 30.3 Å². The Morgan fingerprint density at radius 3 is 2.61 bits per heavy atom. The molecule has 0 aliphatic carbocycles. The van der Waals surface area contributed by atoms with Gasteiger partial charge < -0.3 is 20.5 Å². The molecule has 0 saturated carbocycles. The van der Waals surface area contributed by atoms with Gasteiger partial charge in [0.05, 0.1) is 0 Å². The van der Waals surface area contributed by atoms with E-state index in [4.69, 9.17) is 16.3 Å². The van der Waals surface area contributed by atoms with Gasteiger partial charge in [0, 0.05) is 31.1 Å². The highest BCUT2D eigenvalue weighted by Crippen LogP contribution is 2.31. The molecule has 1 aromatic heterocycles. The van der Waals surface area contributed by atoms with Crippen LogP contribution in [-0.2, 0) is 12.7 Å². The van der Waals surface area contributed by atoms with Crippen LogP contribution in [0.2, 0.25) is 0 Å². The number of ether oxygens (including phenoxy) is 1. The van der Waals surface area contributed by atoms with E-state index in [1.54, 1.807) is 0 Å². The summed E-state index contributed by atoms with van der Waals surface area (Å²) in [5.41, 5.74) is -0.956. The predicted octanol–water partition coefficient (Wildman–Crippen LogP) is 4.19. The van der Waals surface area contributed by atoms with Crippen LogP contribution in [0.1, 0.15) is 40.9 Å². The lowest BCUT2D eigenvalue weighted by Crippen LogP contribution is -2.24. The second-order valence-electron chi connectivity index (χ2n) is 6.40. The van der Waals surface area contributed by atoms with Gasteiger partial charge in [-0.15, -0.1) is 12.3 Å². The molecule has 0 saturated heterocycles. The maximum Gasteiger partial charge on any atom is 0.433 e. The molecule has 0 aliphatic heterocycles. The van der Waals surface area contributed by atoms with Crippen LogP contribution in [0.3, 0.4) is 0 Å². The fraction of sp³-hybridized carbons (Fsp3) is 0.286. The summed E-state index contributed by atoms with van der Waals surface area (Å²) in [4.78, 5) is 26.3. The number of carbonyl (C=O) groups excluding carboxylic acids is 1. The van der Waals surface area contributed by atoms with Gasteiger partial charge in [0.2, 0.25) is 5.88 Å². The third-order valence-electron chi connectivity index (χ3n) is 3.95. The van der Waals surface area contributed by atoms with E-state index in [0.29, 0.717) is 19.4 Å². The molecule has 0 aliphatic rings. The first-order valence-electron chi connectivity index (χ1n) is 9.23. The Bertz CT molecular complexity index is 971. The number of hydrogen-bond donors (Lipinski definition) is 3. The number of halogens is 3. The number of pyridine rings is 1. The van der Waals surface area contributed by atoms with Crippen LogP contribution in [0.4, 0.5) is 18.0 Å². The van der Waals surface area contributed by atoms with Crippen molar-refractivity contribution in [2.45, 2.75) is 32.0 Å². The number of nitrogens with one attached hydrogen (secondary N) is 2. The summed E-state index contributed by atoms with van der Waals surface area (Å²) >= 11 is 0. The number of aromatic nitrogens is 1. The van der Waals surface area contributed by atoms with E-state index in [9.17, 15) is 22.8 Å². The molecule has 7 nitrogen and oxygen atoms in total. The molecular weight excluding hydrogens is 415 g/mol. The summed E-state index contributed by atoms with van der Waals surface area (Å²) in [6, 6.07) is 7.79. The summed E-state index contributed by atoms with van der Waals surface area (Å²) in [7, 11) is 0. The van der Waals surface area contributed by atoms with E-state index in [-0.39, 0.29) is 35.2 Å². The Morgan fingerprint density at radius 1 is 1.16 bits per heavy atom. The van der Waals surface area contributed by atoms with Gasteiger partial charge in [-0.1, -0.05) is 6.07 Å². The molecule has 0 bridgehead atoms. The molecule has 31 heavy (non-hydrogen) atoms. The molecule has 1 aromatic carbocycles. The quantitative estimate of drug-likeness (QED) is 0.405. The van der Waals surface area contributed by atoms with Crippen LogP contribution in [0.15, 0.2) is 36.4 Å². The lowest BCUT2D eigenvalue weighted by molar-refractivity contribution is -0.141. The van der Waals surface area contributed by atoms with Crippen molar-refractivity contribution in [1.82, 2.24) is 15.6 Å². The molecule has 164 valence electrons. The minimum absolute atomic E-state index is 0.0144. The summed E-state index contributed by atoms with van der Waals surface area (Å²) in [5.74, 6) is 1.86. The molecule has 0 spiro atoms. The first-order chi connectivity index (χ1) is 14.7. The molecule has 2 aromatic rings. The van der Waals surface area contributed by atoms with Crippen molar-refractivity contribution in [1.29, 1.82) is 0 Å². The highest BCUT2D eigenvalue weighted by Gasteiger charge is 2.33. The van der Waals surface area contributed by atoms with Gasteiger partial charge in [0.25, 0.3) is 5.91 Å². The zero-order valence-electron chi connectivity index (χ0n) is 16.3. The Labute approximate surface area is 176 Å².